The second kappa shape index (κ2) is 6.15. The fourth-order valence-electron chi connectivity index (χ4n) is 2.74. The largest absolute Gasteiger partial charge is 0.481 e. The van der Waals surface area contributed by atoms with Gasteiger partial charge in [-0.05, 0) is 50.4 Å². The number of carboxylic acid groups (broad SMARTS) is 1. The molecule has 2 unspecified atom stereocenters. The maximum Gasteiger partial charge on any atom is 0.307 e. The number of likely N-dealkylation sites (tertiary alicyclic amines) is 1. The standard InChI is InChI=1S/C15H20FNO2/c1-11(8-12-4-2-6-14(16)9-12)17-7-3-5-13(10-17)15(18)19/h2,4,6,9,11,13H,3,5,7-8,10H2,1H3,(H,18,19). The molecule has 1 fully saturated rings. The van der Waals surface area contributed by atoms with E-state index >= 15 is 0 Å². The van der Waals surface area contributed by atoms with E-state index in [4.69, 9.17) is 5.11 Å². The van der Waals surface area contributed by atoms with Crippen LogP contribution in [0.5, 0.6) is 0 Å². The van der Waals surface area contributed by atoms with E-state index in [9.17, 15) is 9.18 Å². The Morgan fingerprint density at radius 1 is 1.58 bits per heavy atom. The molecule has 1 aromatic rings. The van der Waals surface area contributed by atoms with Crippen molar-refractivity contribution in [2.75, 3.05) is 13.1 Å². The van der Waals surface area contributed by atoms with Gasteiger partial charge in [-0.15, -0.1) is 0 Å². The van der Waals surface area contributed by atoms with Gasteiger partial charge >= 0.3 is 5.97 Å². The van der Waals surface area contributed by atoms with Crippen molar-refractivity contribution < 1.29 is 14.3 Å². The van der Waals surface area contributed by atoms with Crippen LogP contribution in [0.2, 0.25) is 0 Å². The molecule has 104 valence electrons. The van der Waals surface area contributed by atoms with E-state index in [0.29, 0.717) is 6.54 Å². The predicted molar refractivity (Wildman–Crippen MR) is 71.5 cm³/mol. The van der Waals surface area contributed by atoms with Crippen molar-refractivity contribution in [2.24, 2.45) is 5.92 Å². The summed E-state index contributed by atoms with van der Waals surface area (Å²) in [6.07, 6.45) is 2.44. The van der Waals surface area contributed by atoms with Gasteiger partial charge in [0, 0.05) is 12.6 Å². The molecule has 0 aliphatic carbocycles. The summed E-state index contributed by atoms with van der Waals surface area (Å²) in [5.41, 5.74) is 0.963. The molecule has 19 heavy (non-hydrogen) atoms. The van der Waals surface area contributed by atoms with Gasteiger partial charge in [0.1, 0.15) is 5.82 Å². The minimum Gasteiger partial charge on any atom is -0.481 e. The van der Waals surface area contributed by atoms with Gasteiger partial charge in [-0.2, -0.15) is 0 Å². The minimum absolute atomic E-state index is 0.216. The molecule has 0 saturated carbocycles. The minimum atomic E-state index is -0.706. The SMILES string of the molecule is CC(Cc1cccc(F)c1)N1CCCC(C(=O)O)C1. The fourth-order valence-corrected chi connectivity index (χ4v) is 2.74. The quantitative estimate of drug-likeness (QED) is 0.909. The lowest BCUT2D eigenvalue weighted by Crippen LogP contribution is -2.44. The lowest BCUT2D eigenvalue weighted by Gasteiger charge is -2.35. The number of halogens is 1. The molecule has 0 spiro atoms. The second-order valence-electron chi connectivity index (χ2n) is 5.36. The topological polar surface area (TPSA) is 40.5 Å². The van der Waals surface area contributed by atoms with Crippen LogP contribution in [0.15, 0.2) is 24.3 Å². The van der Waals surface area contributed by atoms with Gasteiger partial charge in [-0.3, -0.25) is 9.69 Å². The Morgan fingerprint density at radius 3 is 3.05 bits per heavy atom. The van der Waals surface area contributed by atoms with Gasteiger partial charge in [0.2, 0.25) is 0 Å². The molecule has 1 saturated heterocycles. The highest BCUT2D eigenvalue weighted by Crippen LogP contribution is 2.20. The summed E-state index contributed by atoms with van der Waals surface area (Å²) in [5.74, 6) is -1.18. The number of aliphatic carboxylic acids is 1. The Hall–Kier alpha value is -1.42. The third kappa shape index (κ3) is 3.77. The summed E-state index contributed by atoms with van der Waals surface area (Å²) in [5, 5.41) is 9.09. The van der Waals surface area contributed by atoms with Crippen molar-refractivity contribution in [1.82, 2.24) is 4.90 Å². The lowest BCUT2D eigenvalue weighted by atomic mass is 9.95. The van der Waals surface area contributed by atoms with Gasteiger partial charge in [-0.1, -0.05) is 12.1 Å². The molecular formula is C15H20FNO2. The number of benzene rings is 1. The smallest absolute Gasteiger partial charge is 0.307 e. The molecule has 2 atom stereocenters. The molecular weight excluding hydrogens is 245 g/mol. The summed E-state index contributed by atoms with van der Waals surface area (Å²) >= 11 is 0. The Morgan fingerprint density at radius 2 is 2.37 bits per heavy atom. The van der Waals surface area contributed by atoms with Crippen LogP contribution < -0.4 is 0 Å². The summed E-state index contributed by atoms with van der Waals surface area (Å²) in [6, 6.07) is 6.86. The molecule has 0 aromatic heterocycles. The third-order valence-corrected chi connectivity index (χ3v) is 3.85. The number of rotatable bonds is 4. The van der Waals surface area contributed by atoms with E-state index in [2.05, 4.69) is 11.8 Å². The van der Waals surface area contributed by atoms with Crippen molar-refractivity contribution >= 4 is 5.97 Å². The molecule has 0 radical (unpaired) electrons. The Bertz CT molecular complexity index is 450. The Labute approximate surface area is 113 Å². The first-order valence-corrected chi connectivity index (χ1v) is 6.77. The molecule has 1 aromatic carbocycles. The lowest BCUT2D eigenvalue weighted by molar-refractivity contribution is -0.143. The molecule has 1 aliphatic rings. The summed E-state index contributed by atoms with van der Waals surface area (Å²) in [4.78, 5) is 13.3. The summed E-state index contributed by atoms with van der Waals surface area (Å²) in [7, 11) is 0. The van der Waals surface area contributed by atoms with Gasteiger partial charge < -0.3 is 5.11 Å². The van der Waals surface area contributed by atoms with Crippen LogP contribution in [0.3, 0.4) is 0 Å². The maximum absolute atomic E-state index is 13.1. The first kappa shape index (κ1) is 14.0. The molecule has 1 heterocycles. The summed E-state index contributed by atoms with van der Waals surface area (Å²) in [6.45, 7) is 3.61. The number of piperidine rings is 1. The van der Waals surface area contributed by atoms with Crippen LogP contribution >= 0.6 is 0 Å². The van der Waals surface area contributed by atoms with Crippen LogP contribution in [0.4, 0.5) is 4.39 Å². The normalized spacial score (nSPS) is 22.1. The number of hydrogen-bond acceptors (Lipinski definition) is 2. The highest BCUT2D eigenvalue weighted by atomic mass is 19.1. The van der Waals surface area contributed by atoms with Crippen LogP contribution in [-0.4, -0.2) is 35.1 Å². The maximum atomic E-state index is 13.1. The first-order valence-electron chi connectivity index (χ1n) is 6.77. The highest BCUT2D eigenvalue weighted by molar-refractivity contribution is 5.70. The molecule has 0 bridgehead atoms. The highest BCUT2D eigenvalue weighted by Gasteiger charge is 2.27. The van der Waals surface area contributed by atoms with Crippen molar-refractivity contribution in [3.05, 3.63) is 35.6 Å². The third-order valence-electron chi connectivity index (χ3n) is 3.85. The monoisotopic (exact) mass is 265 g/mol. The van der Waals surface area contributed by atoms with E-state index in [1.54, 1.807) is 12.1 Å². The number of hydrogen-bond donors (Lipinski definition) is 1. The number of nitrogens with zero attached hydrogens (tertiary/aromatic N) is 1. The van der Waals surface area contributed by atoms with Crippen LogP contribution in [-0.2, 0) is 11.2 Å². The van der Waals surface area contributed by atoms with Crippen LogP contribution in [0, 0.1) is 11.7 Å². The average Bonchev–Trinajstić information content (AvgIpc) is 2.39. The fraction of sp³-hybridized carbons (Fsp3) is 0.533. The summed E-state index contributed by atoms with van der Waals surface area (Å²) < 4.78 is 13.1. The van der Waals surface area contributed by atoms with Gasteiger partial charge in [0.05, 0.1) is 5.92 Å². The zero-order valence-corrected chi connectivity index (χ0v) is 11.2. The average molecular weight is 265 g/mol. The molecule has 1 N–H and O–H groups in total. The molecule has 4 heteroatoms. The van der Waals surface area contributed by atoms with E-state index < -0.39 is 5.97 Å². The second-order valence-corrected chi connectivity index (χ2v) is 5.36. The van der Waals surface area contributed by atoms with Crippen molar-refractivity contribution in [3.63, 3.8) is 0 Å². The zero-order chi connectivity index (χ0) is 13.8. The zero-order valence-electron chi connectivity index (χ0n) is 11.2. The van der Waals surface area contributed by atoms with Gasteiger partial charge in [0.15, 0.2) is 0 Å². The van der Waals surface area contributed by atoms with Crippen LogP contribution in [0.1, 0.15) is 25.3 Å². The van der Waals surface area contributed by atoms with E-state index in [0.717, 1.165) is 31.4 Å². The van der Waals surface area contributed by atoms with Crippen molar-refractivity contribution in [2.45, 2.75) is 32.2 Å². The van der Waals surface area contributed by atoms with Crippen LogP contribution in [0.25, 0.3) is 0 Å². The van der Waals surface area contributed by atoms with E-state index in [1.807, 2.05) is 6.07 Å². The number of carbonyl (C=O) groups is 1. The molecule has 2 rings (SSSR count). The van der Waals surface area contributed by atoms with Gasteiger partial charge in [-0.25, -0.2) is 4.39 Å². The molecule has 1 aliphatic heterocycles. The first-order chi connectivity index (χ1) is 9.06. The Kier molecular flexibility index (Phi) is 4.53. The molecule has 0 amide bonds. The number of carboxylic acids is 1. The van der Waals surface area contributed by atoms with Crippen molar-refractivity contribution in [3.8, 4) is 0 Å². The Balaban J connectivity index is 1.95. The molecule has 3 nitrogen and oxygen atoms in total. The van der Waals surface area contributed by atoms with Crippen molar-refractivity contribution in [1.29, 1.82) is 0 Å². The predicted octanol–water partition coefficient (Wildman–Crippen LogP) is 2.55. The van der Waals surface area contributed by atoms with E-state index in [-0.39, 0.29) is 17.8 Å². The van der Waals surface area contributed by atoms with E-state index in [1.165, 1.54) is 6.07 Å². The van der Waals surface area contributed by atoms with Gasteiger partial charge in [0.25, 0.3) is 0 Å².